The van der Waals surface area contributed by atoms with Crippen LogP contribution in [0.5, 0.6) is 5.75 Å². The van der Waals surface area contributed by atoms with Gasteiger partial charge in [-0.3, -0.25) is 9.78 Å². The van der Waals surface area contributed by atoms with Crippen LogP contribution in [-0.2, 0) is 4.79 Å². The summed E-state index contributed by atoms with van der Waals surface area (Å²) in [5.41, 5.74) is 1.84. The van der Waals surface area contributed by atoms with Gasteiger partial charge in [-0.15, -0.1) is 0 Å². The number of pyridine rings is 1. The van der Waals surface area contributed by atoms with Crippen molar-refractivity contribution in [2.24, 2.45) is 5.92 Å². The highest BCUT2D eigenvalue weighted by Gasteiger charge is 2.36. The van der Waals surface area contributed by atoms with Gasteiger partial charge in [0.25, 0.3) is 0 Å². The molecule has 1 aliphatic carbocycles. The number of benzene rings is 1. The Bertz CT molecular complexity index is 731. The molecule has 0 bridgehead atoms. The van der Waals surface area contributed by atoms with Gasteiger partial charge >= 0.3 is 0 Å². The minimum atomic E-state index is -0.249. The molecule has 1 aliphatic heterocycles. The van der Waals surface area contributed by atoms with E-state index in [1.165, 1.54) is 12.8 Å². The zero-order chi connectivity index (χ0) is 15.8. The van der Waals surface area contributed by atoms with E-state index in [4.69, 9.17) is 4.74 Å². The Labute approximate surface area is 143 Å². The smallest absolute Gasteiger partial charge is 0.238 e. The molecule has 118 valence electrons. The maximum atomic E-state index is 13.2. The molecule has 0 saturated heterocycles. The third-order valence-electron chi connectivity index (χ3n) is 4.41. The lowest BCUT2D eigenvalue weighted by Gasteiger charge is -2.25. The van der Waals surface area contributed by atoms with Crippen molar-refractivity contribution < 1.29 is 9.53 Å². The fraction of sp³-hybridized carbons (Fsp3) is 0.333. The minimum absolute atomic E-state index is 0.0988. The van der Waals surface area contributed by atoms with Crippen LogP contribution in [0.25, 0.3) is 0 Å². The Morgan fingerprint density at radius 3 is 2.96 bits per heavy atom. The zero-order valence-electron chi connectivity index (χ0n) is 12.6. The first kappa shape index (κ1) is 14.7. The van der Waals surface area contributed by atoms with Crippen LogP contribution in [0.2, 0.25) is 0 Å². The van der Waals surface area contributed by atoms with Crippen LogP contribution < -0.4 is 9.64 Å². The molecule has 2 aromatic rings. The molecular weight excluding hydrogens is 356 g/mol. The average molecular weight is 373 g/mol. The number of hydrogen-bond acceptors (Lipinski definition) is 3. The quantitative estimate of drug-likeness (QED) is 0.820. The highest BCUT2D eigenvalue weighted by Crippen LogP contribution is 2.39. The number of anilines is 1. The Morgan fingerprint density at radius 1 is 1.35 bits per heavy atom. The molecular formula is C18H17BrN2O2. The SMILES string of the molecule is O=C(C1COc2ccc(Br)cc21)N(CC1CC1)c1cccnc1. The van der Waals surface area contributed by atoms with Crippen molar-refractivity contribution in [1.82, 2.24) is 4.98 Å². The number of aromatic nitrogens is 1. The maximum absolute atomic E-state index is 13.2. The number of halogens is 1. The summed E-state index contributed by atoms with van der Waals surface area (Å²) < 4.78 is 6.68. The number of ether oxygens (including phenoxy) is 1. The van der Waals surface area contributed by atoms with Gasteiger partial charge in [0.15, 0.2) is 0 Å². The van der Waals surface area contributed by atoms with Gasteiger partial charge in [-0.25, -0.2) is 0 Å². The topological polar surface area (TPSA) is 42.4 Å². The molecule has 1 saturated carbocycles. The molecule has 1 atom stereocenters. The maximum Gasteiger partial charge on any atom is 0.238 e. The summed E-state index contributed by atoms with van der Waals surface area (Å²) in [6.07, 6.45) is 5.90. The summed E-state index contributed by atoms with van der Waals surface area (Å²) in [5.74, 6) is 1.27. The molecule has 2 aliphatic rings. The first-order valence-electron chi connectivity index (χ1n) is 7.86. The second kappa shape index (κ2) is 5.96. The zero-order valence-corrected chi connectivity index (χ0v) is 14.2. The van der Waals surface area contributed by atoms with E-state index < -0.39 is 0 Å². The predicted octanol–water partition coefficient (Wildman–Crippen LogP) is 3.76. The fourth-order valence-corrected chi connectivity index (χ4v) is 3.35. The molecule has 1 unspecified atom stereocenters. The Morgan fingerprint density at radius 2 is 2.22 bits per heavy atom. The third-order valence-corrected chi connectivity index (χ3v) is 4.91. The highest BCUT2D eigenvalue weighted by molar-refractivity contribution is 9.10. The Kier molecular flexibility index (Phi) is 3.81. The molecule has 4 nitrogen and oxygen atoms in total. The Balaban J connectivity index is 1.65. The number of fused-ring (bicyclic) bond motifs is 1. The van der Waals surface area contributed by atoms with Crippen LogP contribution in [0.4, 0.5) is 5.69 Å². The summed E-state index contributed by atoms with van der Waals surface area (Å²) in [4.78, 5) is 19.2. The van der Waals surface area contributed by atoms with Crippen molar-refractivity contribution in [3.05, 3.63) is 52.8 Å². The van der Waals surface area contributed by atoms with Gasteiger partial charge in [-0.1, -0.05) is 15.9 Å². The van der Waals surface area contributed by atoms with Gasteiger partial charge in [0.05, 0.1) is 11.9 Å². The van der Waals surface area contributed by atoms with E-state index in [-0.39, 0.29) is 11.8 Å². The molecule has 1 aromatic heterocycles. The van der Waals surface area contributed by atoms with Gasteiger partial charge in [-0.2, -0.15) is 0 Å². The van der Waals surface area contributed by atoms with E-state index in [0.29, 0.717) is 12.5 Å². The molecule has 4 rings (SSSR count). The lowest BCUT2D eigenvalue weighted by molar-refractivity contribution is -0.120. The van der Waals surface area contributed by atoms with Crippen molar-refractivity contribution in [3.63, 3.8) is 0 Å². The second-order valence-corrected chi connectivity index (χ2v) is 7.06. The second-order valence-electron chi connectivity index (χ2n) is 6.15. The van der Waals surface area contributed by atoms with Crippen molar-refractivity contribution >= 4 is 27.5 Å². The van der Waals surface area contributed by atoms with Gasteiger partial charge in [0.2, 0.25) is 5.91 Å². The average Bonchev–Trinajstić information content (AvgIpc) is 3.30. The summed E-state index contributed by atoms with van der Waals surface area (Å²) >= 11 is 3.48. The largest absolute Gasteiger partial charge is 0.492 e. The van der Waals surface area contributed by atoms with Crippen molar-refractivity contribution in [1.29, 1.82) is 0 Å². The summed E-state index contributed by atoms with van der Waals surface area (Å²) in [6.45, 7) is 1.18. The third kappa shape index (κ3) is 2.98. The number of nitrogens with zero attached hydrogens (tertiary/aromatic N) is 2. The van der Waals surface area contributed by atoms with Crippen molar-refractivity contribution in [3.8, 4) is 5.75 Å². The number of carbonyl (C=O) groups excluding carboxylic acids is 1. The molecule has 2 heterocycles. The minimum Gasteiger partial charge on any atom is -0.492 e. The first-order chi connectivity index (χ1) is 11.2. The van der Waals surface area contributed by atoms with Crippen LogP contribution in [0.15, 0.2) is 47.2 Å². The van der Waals surface area contributed by atoms with E-state index in [1.807, 2.05) is 35.2 Å². The predicted molar refractivity (Wildman–Crippen MR) is 91.7 cm³/mol. The molecule has 0 N–H and O–H groups in total. The van der Waals surface area contributed by atoms with Crippen LogP contribution in [-0.4, -0.2) is 24.0 Å². The summed E-state index contributed by atoms with van der Waals surface area (Å²) in [6, 6.07) is 9.67. The number of carbonyl (C=O) groups is 1. The van der Waals surface area contributed by atoms with E-state index >= 15 is 0 Å². The number of hydrogen-bond donors (Lipinski definition) is 0. The van der Waals surface area contributed by atoms with E-state index in [2.05, 4.69) is 20.9 Å². The number of amides is 1. The molecule has 23 heavy (non-hydrogen) atoms. The lowest BCUT2D eigenvalue weighted by Crippen LogP contribution is -2.37. The molecule has 0 radical (unpaired) electrons. The van der Waals surface area contributed by atoms with Crippen LogP contribution in [0, 0.1) is 5.92 Å². The van der Waals surface area contributed by atoms with Crippen LogP contribution in [0.1, 0.15) is 24.3 Å². The van der Waals surface area contributed by atoms with Gasteiger partial charge in [0.1, 0.15) is 18.3 Å². The monoisotopic (exact) mass is 372 g/mol. The highest BCUT2D eigenvalue weighted by atomic mass is 79.9. The van der Waals surface area contributed by atoms with E-state index in [1.54, 1.807) is 12.4 Å². The van der Waals surface area contributed by atoms with E-state index in [0.717, 1.165) is 28.0 Å². The van der Waals surface area contributed by atoms with Crippen LogP contribution in [0.3, 0.4) is 0 Å². The first-order valence-corrected chi connectivity index (χ1v) is 8.65. The fourth-order valence-electron chi connectivity index (χ4n) is 2.97. The summed E-state index contributed by atoms with van der Waals surface area (Å²) in [5, 5.41) is 0. The molecule has 0 spiro atoms. The van der Waals surface area contributed by atoms with Gasteiger partial charge < -0.3 is 9.64 Å². The summed E-state index contributed by atoms with van der Waals surface area (Å²) in [7, 11) is 0. The van der Waals surface area contributed by atoms with Gasteiger partial charge in [-0.05, 0) is 49.1 Å². The molecule has 5 heteroatoms. The standard InChI is InChI=1S/C18H17BrN2O2/c19-13-5-6-17-15(8-13)16(11-23-17)18(22)21(10-12-3-4-12)14-2-1-7-20-9-14/h1-2,5-9,12,16H,3-4,10-11H2. The van der Waals surface area contributed by atoms with Gasteiger partial charge in [0, 0.05) is 22.8 Å². The number of rotatable bonds is 4. The van der Waals surface area contributed by atoms with Crippen LogP contribution >= 0.6 is 15.9 Å². The lowest BCUT2D eigenvalue weighted by atomic mass is 9.99. The Hall–Kier alpha value is -1.88. The molecule has 1 fully saturated rings. The normalized spacial score (nSPS) is 19.1. The molecule has 1 aromatic carbocycles. The van der Waals surface area contributed by atoms with Crippen molar-refractivity contribution in [2.45, 2.75) is 18.8 Å². The van der Waals surface area contributed by atoms with E-state index in [9.17, 15) is 4.79 Å². The molecule has 1 amide bonds. The van der Waals surface area contributed by atoms with Crippen molar-refractivity contribution in [2.75, 3.05) is 18.1 Å².